The summed E-state index contributed by atoms with van der Waals surface area (Å²) in [7, 11) is -2.76. The largest absolute Gasteiger partial charge is 0.299 e. The van der Waals surface area contributed by atoms with Crippen LogP contribution in [-0.2, 0) is 14.8 Å². The molecule has 0 aliphatic carbocycles. The Balaban J connectivity index is 2.04. The van der Waals surface area contributed by atoms with E-state index < -0.39 is 33.9 Å². The Morgan fingerprint density at radius 3 is 2.52 bits per heavy atom. The summed E-state index contributed by atoms with van der Waals surface area (Å²) in [4.78, 5) is 11.8. The molecule has 1 heterocycles. The molecular formula is C13H11F2N5O3S2. The summed E-state index contributed by atoms with van der Waals surface area (Å²) in [6.07, 6.45) is -2.80. The summed E-state index contributed by atoms with van der Waals surface area (Å²) in [5.74, 6) is -0.753. The maximum Gasteiger partial charge on any atom is 0.291 e. The van der Waals surface area contributed by atoms with Crippen molar-refractivity contribution in [1.82, 2.24) is 14.5 Å². The van der Waals surface area contributed by atoms with Crippen LogP contribution >= 0.6 is 11.3 Å². The molecule has 2 aromatic rings. The second kappa shape index (κ2) is 7.60. The third kappa shape index (κ3) is 4.53. The van der Waals surface area contributed by atoms with Gasteiger partial charge in [0.2, 0.25) is 21.1 Å². The SMILES string of the molecule is CN(CC(=O)Nc1nnc(C(F)F)s1)S(=O)(=O)c1ccc(C#N)cc1. The highest BCUT2D eigenvalue weighted by atomic mass is 32.2. The van der Waals surface area contributed by atoms with Gasteiger partial charge >= 0.3 is 0 Å². The number of aromatic nitrogens is 2. The van der Waals surface area contributed by atoms with Crippen LogP contribution in [0.2, 0.25) is 0 Å². The fraction of sp³-hybridized carbons (Fsp3) is 0.231. The fourth-order valence-electron chi connectivity index (χ4n) is 1.70. The molecule has 0 saturated carbocycles. The molecule has 132 valence electrons. The minimum absolute atomic E-state index is 0.0855. The monoisotopic (exact) mass is 387 g/mol. The lowest BCUT2D eigenvalue weighted by Crippen LogP contribution is -2.34. The third-order valence-electron chi connectivity index (χ3n) is 2.93. The first-order valence-electron chi connectivity index (χ1n) is 6.62. The summed E-state index contributed by atoms with van der Waals surface area (Å²) >= 11 is 0.502. The fourth-order valence-corrected chi connectivity index (χ4v) is 3.44. The molecule has 0 atom stereocenters. The average molecular weight is 387 g/mol. The first-order chi connectivity index (χ1) is 11.7. The molecule has 0 aliphatic rings. The summed E-state index contributed by atoms with van der Waals surface area (Å²) in [6, 6.07) is 7.05. The van der Waals surface area contributed by atoms with E-state index in [0.717, 1.165) is 4.31 Å². The van der Waals surface area contributed by atoms with Gasteiger partial charge < -0.3 is 0 Å². The highest BCUT2D eigenvalue weighted by molar-refractivity contribution is 7.89. The first-order valence-corrected chi connectivity index (χ1v) is 8.87. The van der Waals surface area contributed by atoms with Gasteiger partial charge in [0.25, 0.3) is 6.43 Å². The number of amides is 1. The van der Waals surface area contributed by atoms with Crippen molar-refractivity contribution in [2.24, 2.45) is 0 Å². The van der Waals surface area contributed by atoms with E-state index in [4.69, 9.17) is 5.26 Å². The minimum Gasteiger partial charge on any atom is -0.299 e. The predicted octanol–water partition coefficient (Wildman–Crippen LogP) is 1.61. The second-order valence-electron chi connectivity index (χ2n) is 4.69. The van der Waals surface area contributed by atoms with Crippen LogP contribution in [-0.4, -0.2) is 42.4 Å². The van der Waals surface area contributed by atoms with E-state index in [-0.39, 0.29) is 10.0 Å². The van der Waals surface area contributed by atoms with Crippen LogP contribution in [0.5, 0.6) is 0 Å². The minimum atomic E-state index is -3.95. The van der Waals surface area contributed by atoms with Gasteiger partial charge in [-0.2, -0.15) is 9.57 Å². The quantitative estimate of drug-likeness (QED) is 0.805. The molecule has 0 bridgehead atoms. The van der Waals surface area contributed by atoms with Crippen molar-refractivity contribution in [2.75, 3.05) is 18.9 Å². The van der Waals surface area contributed by atoms with E-state index in [1.54, 1.807) is 0 Å². The predicted molar refractivity (Wildman–Crippen MR) is 84.5 cm³/mol. The highest BCUT2D eigenvalue weighted by Crippen LogP contribution is 2.25. The topological polar surface area (TPSA) is 116 Å². The number of benzene rings is 1. The van der Waals surface area contributed by atoms with Crippen LogP contribution in [0.4, 0.5) is 13.9 Å². The maximum absolute atomic E-state index is 12.4. The molecule has 0 saturated heterocycles. The van der Waals surface area contributed by atoms with Crippen molar-refractivity contribution < 1.29 is 22.0 Å². The number of halogens is 2. The lowest BCUT2D eigenvalue weighted by atomic mass is 10.2. The Morgan fingerprint density at radius 1 is 1.36 bits per heavy atom. The molecule has 25 heavy (non-hydrogen) atoms. The van der Waals surface area contributed by atoms with Crippen LogP contribution in [0, 0.1) is 11.3 Å². The number of hydrogen-bond acceptors (Lipinski definition) is 7. The summed E-state index contributed by atoms with van der Waals surface area (Å²) < 4.78 is 50.3. The van der Waals surface area contributed by atoms with E-state index in [1.807, 2.05) is 6.07 Å². The number of likely N-dealkylation sites (N-methyl/N-ethyl adjacent to an activating group) is 1. The molecule has 8 nitrogen and oxygen atoms in total. The van der Waals surface area contributed by atoms with Crippen LogP contribution in [0.1, 0.15) is 17.0 Å². The Hall–Kier alpha value is -2.49. The standard InChI is InChI=1S/C13H11F2N5O3S2/c1-20(25(22,23)9-4-2-8(6-16)3-5-9)7-10(21)17-13-19-18-12(24-13)11(14)15/h2-5,11H,7H2,1H3,(H,17,19,21). The lowest BCUT2D eigenvalue weighted by Gasteiger charge is -2.16. The van der Waals surface area contributed by atoms with Gasteiger partial charge in [-0.25, -0.2) is 17.2 Å². The van der Waals surface area contributed by atoms with Gasteiger partial charge in [0.15, 0.2) is 5.01 Å². The van der Waals surface area contributed by atoms with Gasteiger partial charge in [-0.15, -0.1) is 10.2 Å². The van der Waals surface area contributed by atoms with E-state index in [1.165, 1.54) is 31.3 Å². The van der Waals surface area contributed by atoms with Gasteiger partial charge in [-0.1, -0.05) is 11.3 Å². The van der Waals surface area contributed by atoms with E-state index >= 15 is 0 Å². The number of hydrogen-bond donors (Lipinski definition) is 1. The molecule has 1 aromatic carbocycles. The third-order valence-corrected chi connectivity index (χ3v) is 5.60. The Kier molecular flexibility index (Phi) is 5.73. The molecule has 0 unspecified atom stereocenters. The summed E-state index contributed by atoms with van der Waals surface area (Å²) in [6.45, 7) is -0.550. The molecular weight excluding hydrogens is 376 g/mol. The average Bonchev–Trinajstić information content (AvgIpc) is 3.03. The molecule has 0 spiro atoms. The zero-order valence-corrected chi connectivity index (χ0v) is 14.3. The zero-order chi connectivity index (χ0) is 18.6. The molecule has 0 radical (unpaired) electrons. The van der Waals surface area contributed by atoms with Crippen LogP contribution in [0.25, 0.3) is 0 Å². The van der Waals surface area contributed by atoms with Gasteiger partial charge in [0, 0.05) is 7.05 Å². The number of nitrogens with one attached hydrogen (secondary N) is 1. The number of alkyl halides is 2. The summed E-state index contributed by atoms with van der Waals surface area (Å²) in [5.41, 5.74) is 0.297. The molecule has 12 heteroatoms. The Bertz CT molecular complexity index is 906. The number of carbonyl (C=O) groups is 1. The molecule has 1 amide bonds. The van der Waals surface area contributed by atoms with Gasteiger partial charge in [0.05, 0.1) is 23.1 Å². The zero-order valence-electron chi connectivity index (χ0n) is 12.7. The van der Waals surface area contributed by atoms with Crippen molar-refractivity contribution in [2.45, 2.75) is 11.3 Å². The van der Waals surface area contributed by atoms with Crippen molar-refractivity contribution in [3.63, 3.8) is 0 Å². The summed E-state index contributed by atoms with van der Waals surface area (Å²) in [5, 5.41) is 16.8. The molecule has 0 aliphatic heterocycles. The lowest BCUT2D eigenvalue weighted by molar-refractivity contribution is -0.116. The Labute approximate surface area is 145 Å². The highest BCUT2D eigenvalue weighted by Gasteiger charge is 2.23. The number of carbonyl (C=O) groups excluding carboxylic acids is 1. The van der Waals surface area contributed by atoms with Gasteiger partial charge in [-0.05, 0) is 24.3 Å². The number of nitrogens with zero attached hydrogens (tertiary/aromatic N) is 4. The molecule has 1 N–H and O–H groups in total. The number of nitriles is 1. The van der Waals surface area contributed by atoms with Crippen LogP contribution in [0.15, 0.2) is 29.2 Å². The smallest absolute Gasteiger partial charge is 0.291 e. The van der Waals surface area contributed by atoms with Crippen molar-refractivity contribution >= 4 is 32.4 Å². The van der Waals surface area contributed by atoms with E-state index in [0.29, 0.717) is 16.9 Å². The van der Waals surface area contributed by atoms with Crippen LogP contribution < -0.4 is 5.32 Å². The van der Waals surface area contributed by atoms with Crippen molar-refractivity contribution in [1.29, 1.82) is 5.26 Å². The van der Waals surface area contributed by atoms with E-state index in [9.17, 15) is 22.0 Å². The van der Waals surface area contributed by atoms with E-state index in [2.05, 4.69) is 15.5 Å². The number of anilines is 1. The number of sulfonamides is 1. The van der Waals surface area contributed by atoms with Crippen LogP contribution in [0.3, 0.4) is 0 Å². The second-order valence-corrected chi connectivity index (χ2v) is 7.75. The van der Waals surface area contributed by atoms with Gasteiger partial charge in [0.1, 0.15) is 0 Å². The first kappa shape index (κ1) is 18.8. The van der Waals surface area contributed by atoms with Crippen molar-refractivity contribution in [3.8, 4) is 6.07 Å². The molecule has 2 rings (SSSR count). The normalized spacial score (nSPS) is 11.5. The van der Waals surface area contributed by atoms with Gasteiger partial charge in [-0.3, -0.25) is 10.1 Å². The maximum atomic E-state index is 12.4. The van der Waals surface area contributed by atoms with Crippen molar-refractivity contribution in [3.05, 3.63) is 34.8 Å². The molecule has 0 fully saturated rings. The number of rotatable bonds is 6. The Morgan fingerprint density at radius 2 is 2.00 bits per heavy atom. The molecule has 1 aromatic heterocycles.